The van der Waals surface area contributed by atoms with E-state index in [0.717, 1.165) is 17.7 Å². The summed E-state index contributed by atoms with van der Waals surface area (Å²) in [5, 5.41) is 19.9. The van der Waals surface area contributed by atoms with Crippen LogP contribution in [0.25, 0.3) is 0 Å². The van der Waals surface area contributed by atoms with Crippen molar-refractivity contribution in [3.63, 3.8) is 0 Å². The summed E-state index contributed by atoms with van der Waals surface area (Å²) >= 11 is 1.54. The summed E-state index contributed by atoms with van der Waals surface area (Å²) < 4.78 is 0. The van der Waals surface area contributed by atoms with Gasteiger partial charge in [0, 0.05) is 22.3 Å². The topological polar surface area (TPSA) is 106 Å². The van der Waals surface area contributed by atoms with Gasteiger partial charge in [-0.15, -0.1) is 11.8 Å². The molecule has 0 heterocycles. The maximum absolute atomic E-state index is 11.2. The first-order valence-corrected chi connectivity index (χ1v) is 7.22. The third kappa shape index (κ3) is 3.29. The Morgan fingerprint density at radius 1 is 1.45 bits per heavy atom. The number of non-ortho nitro benzene ring substituents is 1. The number of hydrogen-bond donors (Lipinski definition) is 2. The number of benzene rings is 1. The lowest BCUT2D eigenvalue weighted by atomic mass is 9.82. The number of aliphatic carboxylic acids is 1. The van der Waals surface area contributed by atoms with Gasteiger partial charge in [0.15, 0.2) is 0 Å². The minimum Gasteiger partial charge on any atom is -0.480 e. The molecule has 0 radical (unpaired) electrons. The Morgan fingerprint density at radius 2 is 2.10 bits per heavy atom. The molecule has 2 unspecified atom stereocenters. The molecule has 0 saturated heterocycles. The predicted molar refractivity (Wildman–Crippen MR) is 75.8 cm³/mol. The van der Waals surface area contributed by atoms with Crippen LogP contribution in [-0.4, -0.2) is 26.8 Å². The molecule has 1 aliphatic rings. The molecule has 0 aliphatic heterocycles. The number of nitro benzene ring substituents is 1. The van der Waals surface area contributed by atoms with Crippen molar-refractivity contribution in [2.24, 2.45) is 5.73 Å². The summed E-state index contributed by atoms with van der Waals surface area (Å²) in [5.41, 5.74) is 4.82. The molecule has 1 saturated carbocycles. The van der Waals surface area contributed by atoms with Crippen LogP contribution in [0.4, 0.5) is 5.69 Å². The van der Waals surface area contributed by atoms with Crippen molar-refractivity contribution in [1.29, 1.82) is 0 Å². The van der Waals surface area contributed by atoms with E-state index >= 15 is 0 Å². The van der Waals surface area contributed by atoms with Gasteiger partial charge in [-0.1, -0.05) is 0 Å². The number of rotatable bonds is 4. The van der Waals surface area contributed by atoms with E-state index in [1.54, 1.807) is 12.1 Å². The van der Waals surface area contributed by atoms with Crippen molar-refractivity contribution in [1.82, 2.24) is 0 Å². The van der Waals surface area contributed by atoms with Gasteiger partial charge in [0.2, 0.25) is 0 Å². The van der Waals surface area contributed by atoms with Gasteiger partial charge in [0.1, 0.15) is 5.54 Å². The fourth-order valence-electron chi connectivity index (χ4n) is 2.39. The van der Waals surface area contributed by atoms with Gasteiger partial charge < -0.3 is 10.8 Å². The van der Waals surface area contributed by atoms with Crippen molar-refractivity contribution < 1.29 is 14.8 Å². The number of nitrogens with zero attached hydrogens (tertiary/aromatic N) is 1. The second-order valence-electron chi connectivity index (χ2n) is 5.05. The van der Waals surface area contributed by atoms with E-state index in [-0.39, 0.29) is 10.9 Å². The summed E-state index contributed by atoms with van der Waals surface area (Å²) in [6, 6.07) is 6.29. The van der Waals surface area contributed by atoms with Gasteiger partial charge in [0.25, 0.3) is 5.69 Å². The number of carboxylic acid groups (broad SMARTS) is 1. The van der Waals surface area contributed by atoms with E-state index in [1.807, 2.05) is 0 Å². The lowest BCUT2D eigenvalue weighted by Gasteiger charge is -2.34. The Hall–Kier alpha value is -1.60. The molecule has 20 heavy (non-hydrogen) atoms. The van der Waals surface area contributed by atoms with Crippen LogP contribution in [0, 0.1) is 10.1 Å². The Bertz CT molecular complexity index is 520. The van der Waals surface area contributed by atoms with Gasteiger partial charge in [0.05, 0.1) is 4.92 Å². The summed E-state index contributed by atoms with van der Waals surface area (Å²) in [4.78, 5) is 22.2. The van der Waals surface area contributed by atoms with Gasteiger partial charge in [-0.2, -0.15) is 0 Å². The molecule has 1 aromatic carbocycles. The van der Waals surface area contributed by atoms with Gasteiger partial charge in [-0.05, 0) is 37.8 Å². The van der Waals surface area contributed by atoms with Crippen LogP contribution < -0.4 is 5.73 Å². The Morgan fingerprint density at radius 3 is 2.65 bits per heavy atom. The van der Waals surface area contributed by atoms with Crippen LogP contribution in [0.3, 0.4) is 0 Å². The number of hydrogen-bond acceptors (Lipinski definition) is 5. The lowest BCUT2D eigenvalue weighted by molar-refractivity contribution is -0.384. The van der Waals surface area contributed by atoms with Crippen LogP contribution in [-0.2, 0) is 4.79 Å². The third-order valence-corrected chi connectivity index (χ3v) is 4.80. The highest BCUT2D eigenvalue weighted by molar-refractivity contribution is 8.00. The summed E-state index contributed by atoms with van der Waals surface area (Å²) in [5.74, 6) is -0.952. The van der Waals surface area contributed by atoms with Gasteiger partial charge >= 0.3 is 5.97 Å². The van der Waals surface area contributed by atoms with Crippen LogP contribution in [0.2, 0.25) is 0 Å². The summed E-state index contributed by atoms with van der Waals surface area (Å²) in [7, 11) is 0. The normalized spacial score (nSPS) is 26.1. The van der Waals surface area contributed by atoms with E-state index in [4.69, 9.17) is 10.8 Å². The minimum atomic E-state index is -1.14. The second-order valence-corrected chi connectivity index (χ2v) is 6.42. The predicted octanol–water partition coefficient (Wildman–Crippen LogP) is 2.41. The van der Waals surface area contributed by atoms with Crippen molar-refractivity contribution >= 4 is 23.4 Å². The zero-order chi connectivity index (χ0) is 14.8. The maximum Gasteiger partial charge on any atom is 0.323 e. The van der Waals surface area contributed by atoms with Crippen molar-refractivity contribution in [2.75, 3.05) is 0 Å². The first kappa shape index (κ1) is 14.8. The maximum atomic E-state index is 11.2. The number of thioether (sulfide) groups is 1. The second kappa shape index (κ2) is 5.80. The number of nitrogens with two attached hydrogens (primary N) is 1. The third-order valence-electron chi connectivity index (χ3n) is 3.52. The molecule has 1 fully saturated rings. The van der Waals surface area contributed by atoms with Crippen molar-refractivity contribution in [3.8, 4) is 0 Å². The molecular weight excluding hydrogens is 280 g/mol. The molecule has 7 heteroatoms. The molecule has 0 aromatic heterocycles. The Balaban J connectivity index is 2.02. The summed E-state index contributed by atoms with van der Waals surface area (Å²) in [6.07, 6.45) is 2.62. The fourth-order valence-corrected chi connectivity index (χ4v) is 3.73. The number of carboxylic acids is 1. The zero-order valence-electron chi connectivity index (χ0n) is 10.8. The van der Waals surface area contributed by atoms with Crippen molar-refractivity contribution in [2.45, 2.75) is 41.4 Å². The lowest BCUT2D eigenvalue weighted by Crippen LogP contribution is -2.51. The monoisotopic (exact) mass is 296 g/mol. The molecule has 108 valence electrons. The fraction of sp³-hybridized carbons (Fsp3) is 0.462. The molecule has 0 spiro atoms. The Labute approximate surface area is 120 Å². The molecular formula is C13H16N2O4S. The van der Waals surface area contributed by atoms with Crippen LogP contribution in [0.5, 0.6) is 0 Å². The van der Waals surface area contributed by atoms with E-state index in [2.05, 4.69) is 0 Å². The first-order chi connectivity index (χ1) is 9.40. The van der Waals surface area contributed by atoms with Crippen LogP contribution in [0.15, 0.2) is 29.2 Å². The van der Waals surface area contributed by atoms with Crippen molar-refractivity contribution in [3.05, 3.63) is 34.4 Å². The first-order valence-electron chi connectivity index (χ1n) is 6.34. The molecule has 2 atom stereocenters. The van der Waals surface area contributed by atoms with Crippen LogP contribution >= 0.6 is 11.8 Å². The zero-order valence-corrected chi connectivity index (χ0v) is 11.6. The largest absolute Gasteiger partial charge is 0.480 e. The molecule has 3 N–H and O–H groups in total. The van der Waals surface area contributed by atoms with Gasteiger partial charge in [-0.3, -0.25) is 14.9 Å². The number of nitro groups is 1. The standard InChI is InChI=1S/C13H16N2O4S/c14-13(12(16)17)7-1-2-11(8-13)20-10-5-3-9(4-6-10)15(18)19/h3-6,11H,1-2,7-8,14H2,(H,16,17). The van der Waals surface area contributed by atoms with E-state index in [0.29, 0.717) is 12.8 Å². The highest BCUT2D eigenvalue weighted by Crippen LogP contribution is 2.37. The quantitative estimate of drug-likeness (QED) is 0.652. The molecule has 0 bridgehead atoms. The van der Waals surface area contributed by atoms with E-state index in [1.165, 1.54) is 23.9 Å². The van der Waals surface area contributed by atoms with E-state index in [9.17, 15) is 14.9 Å². The Kier molecular flexibility index (Phi) is 4.29. The minimum absolute atomic E-state index is 0.0525. The molecule has 1 aromatic rings. The van der Waals surface area contributed by atoms with Crippen LogP contribution in [0.1, 0.15) is 25.7 Å². The number of carbonyl (C=O) groups is 1. The molecule has 1 aliphatic carbocycles. The molecule has 0 amide bonds. The average Bonchev–Trinajstić information content (AvgIpc) is 2.39. The molecule has 6 nitrogen and oxygen atoms in total. The highest BCUT2D eigenvalue weighted by Gasteiger charge is 2.39. The summed E-state index contributed by atoms with van der Waals surface area (Å²) in [6.45, 7) is 0. The molecule has 2 rings (SSSR count). The van der Waals surface area contributed by atoms with Gasteiger partial charge in [-0.25, -0.2) is 0 Å². The van der Waals surface area contributed by atoms with E-state index < -0.39 is 16.4 Å². The SMILES string of the molecule is NC1(C(=O)O)CCCC(Sc2ccc([N+](=O)[O-])cc2)C1. The average molecular weight is 296 g/mol. The highest BCUT2D eigenvalue weighted by atomic mass is 32.2. The smallest absolute Gasteiger partial charge is 0.323 e.